The Morgan fingerprint density at radius 2 is 0.407 bits per heavy atom. The van der Waals surface area contributed by atoms with Gasteiger partial charge in [0.2, 0.25) is 0 Å². The van der Waals surface area contributed by atoms with Gasteiger partial charge in [0.15, 0.2) is 17.5 Å². The van der Waals surface area contributed by atoms with Crippen molar-refractivity contribution in [3.8, 4) is 168 Å². The summed E-state index contributed by atoms with van der Waals surface area (Å²) in [4.78, 5) is 43.7. The number of hydrogen-bond acceptors (Lipinski definition) is 15. The molecule has 0 radical (unpaired) electrons. The van der Waals surface area contributed by atoms with E-state index in [1.165, 1.54) is 60.5 Å². The molecule has 0 spiro atoms. The molecular formula is C135H81N9O3S3. The van der Waals surface area contributed by atoms with Crippen molar-refractivity contribution in [2.24, 2.45) is 0 Å². The molecule has 0 aliphatic carbocycles. The van der Waals surface area contributed by atoms with Crippen LogP contribution in [0.1, 0.15) is 0 Å². The Hall–Kier alpha value is -19.3. The molecule has 702 valence electrons. The highest BCUT2D eigenvalue weighted by Gasteiger charge is 2.27. The largest absolute Gasteiger partial charge is 0.455 e. The first kappa shape index (κ1) is 88.4. The fraction of sp³-hybridized carbons (Fsp3) is 0. The predicted molar refractivity (Wildman–Crippen MR) is 622 cm³/mol. The summed E-state index contributed by atoms with van der Waals surface area (Å²) in [6, 6.07) is 159. The molecular weight excluding hydrogens is 1890 g/mol. The Morgan fingerprint density at radius 1 is 0.147 bits per heavy atom. The van der Waals surface area contributed by atoms with Crippen LogP contribution in [0.2, 0.25) is 0 Å². The number of aromatic nitrogens is 9. The fourth-order valence-electron chi connectivity index (χ4n) is 21.0. The van der Waals surface area contributed by atoms with Crippen molar-refractivity contribution in [2.45, 2.75) is 0 Å². The van der Waals surface area contributed by atoms with E-state index in [0.29, 0.717) is 17.5 Å². The van der Waals surface area contributed by atoms with E-state index >= 15 is 0 Å². The third-order valence-corrected chi connectivity index (χ3v) is 31.8. The minimum absolute atomic E-state index is 0.651. The Balaban J connectivity index is 0.000000108. The second-order valence-corrected chi connectivity index (χ2v) is 40.5. The van der Waals surface area contributed by atoms with Gasteiger partial charge in [-0.2, -0.15) is 0 Å². The van der Waals surface area contributed by atoms with E-state index in [4.69, 9.17) is 43.2 Å². The molecule has 0 unspecified atom stereocenters. The summed E-state index contributed by atoms with van der Waals surface area (Å²) in [6.07, 6.45) is 10.9. The molecule has 0 aliphatic rings. The van der Waals surface area contributed by atoms with E-state index < -0.39 is 0 Å². The fourth-order valence-corrected chi connectivity index (χ4v) is 24.2. The monoisotopic (exact) mass is 1970 g/mol. The molecule has 12 aromatic heterocycles. The number of thiophene rings is 3. The third kappa shape index (κ3) is 16.3. The molecule has 0 amide bonds. The van der Waals surface area contributed by atoms with Gasteiger partial charge in [-0.15, -0.1) is 34.0 Å². The molecule has 0 aliphatic heterocycles. The van der Waals surface area contributed by atoms with Gasteiger partial charge < -0.3 is 13.3 Å². The lowest BCUT2D eigenvalue weighted by Crippen LogP contribution is -1.97. The SMILES string of the molecule is c1ccc(-c2cc(-c3ccc(-c4ccc5sc6ccccc6c5c4)c4oc5ccccc5c34)nc(-c3ccc(-c4ccncc4)cc3)n2)cc1.c1ccc(-c2cc(-c3cccc(-c4ccncc4)c3)nc(-c3ccc(-c4ccc5sc6ccccc6c5c4)c4oc5ccccc5c34)n2)cc1.c1ccc(-c2nc(-c3ccc(-c4ccncc4)cc3)cc(-c3ccc(-c4ccc5sc6ccccc6c5c4)c4oc5ccccc5c34)n2)cc1. The van der Waals surface area contributed by atoms with Gasteiger partial charge in [-0.3, -0.25) is 15.0 Å². The highest BCUT2D eigenvalue weighted by atomic mass is 32.1. The van der Waals surface area contributed by atoms with E-state index in [1.807, 2.05) is 199 Å². The van der Waals surface area contributed by atoms with Gasteiger partial charge in [-0.25, -0.2) is 29.9 Å². The van der Waals surface area contributed by atoms with Crippen molar-refractivity contribution >= 4 is 160 Å². The van der Waals surface area contributed by atoms with Crippen molar-refractivity contribution in [1.29, 1.82) is 0 Å². The molecule has 0 atom stereocenters. The molecule has 150 heavy (non-hydrogen) atoms. The highest BCUT2D eigenvalue weighted by Crippen LogP contribution is 2.51. The smallest absolute Gasteiger partial charge is 0.161 e. The first-order valence-corrected chi connectivity index (χ1v) is 52.2. The Labute approximate surface area is 872 Å². The topological polar surface area (TPSA) is 155 Å². The zero-order valence-corrected chi connectivity index (χ0v) is 82.7. The number of fused-ring (bicyclic) bond motifs is 18. The predicted octanol–water partition coefficient (Wildman–Crippen LogP) is 37.4. The van der Waals surface area contributed by atoms with Crippen LogP contribution in [0.4, 0.5) is 0 Å². The first-order chi connectivity index (χ1) is 74.3. The second-order valence-electron chi connectivity index (χ2n) is 37.2. The molecule has 30 aromatic rings. The lowest BCUT2D eigenvalue weighted by Gasteiger charge is -2.12. The standard InChI is InChI=1S/3C45H27N3OS/c1-2-9-29(10-3-1)38-27-39(32-12-8-11-30(25-32)28-21-23-46-24-22-28)48-45(47-38)36-19-18-33(44-43(36)35-14-4-6-15-40(35)49-44)31-17-20-42-37(26-31)34-13-5-7-16-41(34)50-42;1-2-8-31(9-3-1)45-47-38(30-16-14-28(15-17-30)29-22-24-46-25-23-29)27-39(48-45)35-20-19-33(44-43(35)36-11-4-6-12-40(36)49-44)32-18-21-42-37(26-32)34-10-5-7-13-41(34)50-42;1-2-8-30(9-3-1)38-27-39(48-45(47-38)31-16-14-28(15-17-31)29-22-24-46-25-23-29)35-20-19-33(44-43(35)36-11-4-6-12-40(36)49-44)32-18-21-42-37(26-32)34-10-5-7-13-41(34)50-42/h3*1-27H. The molecule has 12 heterocycles. The number of pyridine rings is 3. The van der Waals surface area contributed by atoms with Crippen LogP contribution < -0.4 is 0 Å². The summed E-state index contributed by atoms with van der Waals surface area (Å²) in [5, 5.41) is 13.9. The first-order valence-electron chi connectivity index (χ1n) is 49.8. The normalized spacial score (nSPS) is 11.6. The Bertz CT molecular complexity index is 10100. The zero-order valence-electron chi connectivity index (χ0n) is 80.2. The van der Waals surface area contributed by atoms with Gasteiger partial charge in [0.05, 0.1) is 34.2 Å². The van der Waals surface area contributed by atoms with Gasteiger partial charge in [0.25, 0.3) is 0 Å². The molecule has 15 heteroatoms. The van der Waals surface area contributed by atoms with Crippen LogP contribution in [0, 0.1) is 0 Å². The van der Waals surface area contributed by atoms with E-state index in [-0.39, 0.29) is 0 Å². The van der Waals surface area contributed by atoms with E-state index in [0.717, 1.165) is 217 Å². The quantitative estimate of drug-likeness (QED) is 0.0959. The van der Waals surface area contributed by atoms with Crippen LogP contribution in [-0.4, -0.2) is 44.9 Å². The highest BCUT2D eigenvalue weighted by molar-refractivity contribution is 7.26. The maximum atomic E-state index is 6.72. The van der Waals surface area contributed by atoms with Gasteiger partial charge >= 0.3 is 0 Å². The van der Waals surface area contributed by atoms with Crippen molar-refractivity contribution in [3.05, 3.63) is 492 Å². The third-order valence-electron chi connectivity index (χ3n) is 28.3. The maximum Gasteiger partial charge on any atom is 0.161 e. The number of rotatable bonds is 15. The molecule has 18 aromatic carbocycles. The minimum Gasteiger partial charge on any atom is -0.455 e. The van der Waals surface area contributed by atoms with E-state index in [2.05, 4.69) is 343 Å². The summed E-state index contributed by atoms with van der Waals surface area (Å²) in [7, 11) is 0. The summed E-state index contributed by atoms with van der Waals surface area (Å²) in [5.41, 5.74) is 32.4. The van der Waals surface area contributed by atoms with E-state index in [1.54, 1.807) is 0 Å². The molecule has 0 saturated heterocycles. The van der Waals surface area contributed by atoms with Crippen molar-refractivity contribution < 1.29 is 13.3 Å². The van der Waals surface area contributed by atoms with Crippen molar-refractivity contribution in [1.82, 2.24) is 44.9 Å². The molecule has 30 rings (SSSR count). The maximum absolute atomic E-state index is 6.72. The van der Waals surface area contributed by atoms with Gasteiger partial charge in [-0.05, 0) is 208 Å². The lowest BCUT2D eigenvalue weighted by molar-refractivity contribution is 0.669. The Morgan fingerprint density at radius 3 is 0.813 bits per heavy atom. The Kier molecular flexibility index (Phi) is 22.2. The van der Waals surface area contributed by atoms with Crippen molar-refractivity contribution in [3.63, 3.8) is 0 Å². The summed E-state index contributed by atoms with van der Waals surface area (Å²) < 4.78 is 27.9. The van der Waals surface area contributed by atoms with Gasteiger partial charge in [0, 0.05) is 197 Å². The molecule has 0 bridgehead atoms. The number of nitrogens with zero attached hydrogens (tertiary/aromatic N) is 9. The summed E-state index contributed by atoms with van der Waals surface area (Å²) >= 11 is 5.49. The summed E-state index contributed by atoms with van der Waals surface area (Å²) in [5.74, 6) is 2.00. The molecule has 0 N–H and O–H groups in total. The zero-order chi connectivity index (χ0) is 99.1. The van der Waals surface area contributed by atoms with E-state index in [9.17, 15) is 0 Å². The number of hydrogen-bond donors (Lipinski definition) is 0. The average Bonchev–Trinajstić information content (AvgIpc) is 1.58. The van der Waals surface area contributed by atoms with Crippen LogP contribution in [-0.2, 0) is 0 Å². The van der Waals surface area contributed by atoms with Crippen LogP contribution in [0.3, 0.4) is 0 Å². The van der Waals surface area contributed by atoms with Crippen molar-refractivity contribution in [2.75, 3.05) is 0 Å². The van der Waals surface area contributed by atoms with Crippen LogP contribution >= 0.6 is 34.0 Å². The summed E-state index contributed by atoms with van der Waals surface area (Å²) in [6.45, 7) is 0. The number of benzene rings is 18. The van der Waals surface area contributed by atoms with Gasteiger partial charge in [-0.1, -0.05) is 297 Å². The lowest BCUT2D eigenvalue weighted by atomic mass is 9.95. The minimum atomic E-state index is 0.651. The molecule has 0 fully saturated rings. The average molecular weight is 1970 g/mol. The second kappa shape index (κ2) is 37.7. The molecule has 12 nitrogen and oxygen atoms in total. The number of para-hydroxylation sites is 3. The van der Waals surface area contributed by atoms with Crippen LogP contribution in [0.5, 0.6) is 0 Å². The molecule has 0 saturated carbocycles. The number of furan rings is 3. The van der Waals surface area contributed by atoms with Crippen LogP contribution in [0.15, 0.2) is 505 Å². The van der Waals surface area contributed by atoms with Crippen LogP contribution in [0.25, 0.3) is 295 Å². The van der Waals surface area contributed by atoms with Gasteiger partial charge in [0.1, 0.15) is 33.5 Å².